The van der Waals surface area contributed by atoms with Crippen molar-refractivity contribution >= 4 is 17.6 Å². The van der Waals surface area contributed by atoms with Crippen LogP contribution in [0.5, 0.6) is 0 Å². The lowest BCUT2D eigenvalue weighted by Gasteiger charge is -2.08. The quantitative estimate of drug-likeness (QED) is 0.627. The number of aryl methyl sites for hydroxylation is 1. The Kier molecular flexibility index (Phi) is 5.21. The summed E-state index contributed by atoms with van der Waals surface area (Å²) in [6.45, 7) is 0.354. The molecule has 1 aliphatic carbocycles. The standard InChI is InChI=1S/C19H20N2O3/c22-18(15-8-9-15)21-17-7-1-6-16(12-17)19(23)24-11-3-5-14-4-2-10-20-13-14/h1-2,4,6-7,10,12-13,15H,3,5,8-9,11H2,(H,21,22). The zero-order valence-electron chi connectivity index (χ0n) is 13.4. The lowest BCUT2D eigenvalue weighted by molar-refractivity contribution is -0.117. The van der Waals surface area contributed by atoms with E-state index in [2.05, 4.69) is 10.3 Å². The molecule has 0 bridgehead atoms. The van der Waals surface area contributed by atoms with Crippen molar-refractivity contribution in [3.63, 3.8) is 0 Å². The second-order valence-corrected chi connectivity index (χ2v) is 5.95. The van der Waals surface area contributed by atoms with Crippen molar-refractivity contribution in [2.24, 2.45) is 5.92 Å². The van der Waals surface area contributed by atoms with Crippen molar-refractivity contribution in [2.45, 2.75) is 25.7 Å². The van der Waals surface area contributed by atoms with Gasteiger partial charge >= 0.3 is 5.97 Å². The Morgan fingerprint density at radius 3 is 2.83 bits per heavy atom. The lowest BCUT2D eigenvalue weighted by atomic mass is 10.1. The van der Waals surface area contributed by atoms with Gasteiger partial charge in [-0.15, -0.1) is 0 Å². The molecule has 0 radical (unpaired) electrons. The van der Waals surface area contributed by atoms with Crippen LogP contribution >= 0.6 is 0 Å². The molecule has 1 heterocycles. The van der Waals surface area contributed by atoms with Crippen molar-refractivity contribution in [1.29, 1.82) is 0 Å². The van der Waals surface area contributed by atoms with Gasteiger partial charge in [0.05, 0.1) is 12.2 Å². The number of anilines is 1. The number of benzene rings is 1. The number of nitrogens with one attached hydrogen (secondary N) is 1. The van der Waals surface area contributed by atoms with Crippen LogP contribution in [0.2, 0.25) is 0 Å². The average Bonchev–Trinajstić information content (AvgIpc) is 3.45. The van der Waals surface area contributed by atoms with Crippen LogP contribution in [0, 0.1) is 5.92 Å². The highest BCUT2D eigenvalue weighted by Crippen LogP contribution is 2.30. The molecule has 0 spiro atoms. The largest absolute Gasteiger partial charge is 0.462 e. The summed E-state index contributed by atoms with van der Waals surface area (Å²) >= 11 is 0. The second kappa shape index (κ2) is 7.73. The fourth-order valence-electron chi connectivity index (χ4n) is 2.38. The van der Waals surface area contributed by atoms with Crippen LogP contribution in [0.25, 0.3) is 0 Å². The second-order valence-electron chi connectivity index (χ2n) is 5.95. The van der Waals surface area contributed by atoms with E-state index in [1.165, 1.54) is 0 Å². The zero-order valence-corrected chi connectivity index (χ0v) is 13.4. The van der Waals surface area contributed by atoms with Crippen LogP contribution in [-0.4, -0.2) is 23.5 Å². The van der Waals surface area contributed by atoms with Crippen molar-refractivity contribution in [3.05, 3.63) is 59.9 Å². The molecular weight excluding hydrogens is 304 g/mol. The highest BCUT2D eigenvalue weighted by molar-refractivity contribution is 5.96. The first kappa shape index (κ1) is 16.2. The maximum atomic E-state index is 12.1. The smallest absolute Gasteiger partial charge is 0.338 e. The Labute approximate surface area is 141 Å². The molecule has 2 aromatic rings. The molecule has 124 valence electrons. The fourth-order valence-corrected chi connectivity index (χ4v) is 2.38. The molecule has 1 saturated carbocycles. The van der Waals surface area contributed by atoms with Crippen LogP contribution in [0.15, 0.2) is 48.8 Å². The number of pyridine rings is 1. The summed E-state index contributed by atoms with van der Waals surface area (Å²) in [5, 5.41) is 2.83. The molecule has 5 nitrogen and oxygen atoms in total. The van der Waals surface area contributed by atoms with Crippen molar-refractivity contribution < 1.29 is 14.3 Å². The van der Waals surface area contributed by atoms with Gasteiger partial charge in [0.15, 0.2) is 0 Å². The minimum absolute atomic E-state index is 0.0250. The number of carbonyl (C=O) groups is 2. The SMILES string of the molecule is O=C(OCCCc1cccnc1)c1cccc(NC(=O)C2CC2)c1. The topological polar surface area (TPSA) is 68.3 Å². The van der Waals surface area contributed by atoms with E-state index in [-0.39, 0.29) is 17.8 Å². The fraction of sp³-hybridized carbons (Fsp3) is 0.316. The van der Waals surface area contributed by atoms with E-state index in [1.807, 2.05) is 18.3 Å². The summed E-state index contributed by atoms with van der Waals surface area (Å²) in [6.07, 6.45) is 7.01. The Hall–Kier alpha value is -2.69. The average molecular weight is 324 g/mol. The first-order chi connectivity index (χ1) is 11.7. The number of rotatable bonds is 7. The molecule has 0 unspecified atom stereocenters. The van der Waals surface area contributed by atoms with Crippen LogP contribution in [0.3, 0.4) is 0 Å². The minimum atomic E-state index is -0.372. The van der Waals surface area contributed by atoms with Gasteiger partial charge in [-0.05, 0) is 55.5 Å². The van der Waals surface area contributed by atoms with Crippen LogP contribution in [0.1, 0.15) is 35.2 Å². The predicted molar refractivity (Wildman–Crippen MR) is 90.6 cm³/mol. The van der Waals surface area contributed by atoms with Crippen molar-refractivity contribution in [2.75, 3.05) is 11.9 Å². The number of aromatic nitrogens is 1. The highest BCUT2D eigenvalue weighted by atomic mass is 16.5. The van der Waals surface area contributed by atoms with E-state index >= 15 is 0 Å². The third-order valence-corrected chi connectivity index (χ3v) is 3.88. The molecular formula is C19H20N2O3. The van der Waals surface area contributed by atoms with E-state index in [1.54, 1.807) is 30.5 Å². The van der Waals surface area contributed by atoms with Gasteiger partial charge in [0.1, 0.15) is 0 Å². The Morgan fingerprint density at radius 1 is 1.21 bits per heavy atom. The molecule has 24 heavy (non-hydrogen) atoms. The molecule has 0 atom stereocenters. The summed E-state index contributed by atoms with van der Waals surface area (Å²) < 4.78 is 5.30. The minimum Gasteiger partial charge on any atom is -0.462 e. The molecule has 1 N–H and O–H groups in total. The van der Waals surface area contributed by atoms with Crippen LogP contribution in [0.4, 0.5) is 5.69 Å². The van der Waals surface area contributed by atoms with E-state index in [4.69, 9.17) is 4.74 Å². The van der Waals surface area contributed by atoms with E-state index in [0.717, 1.165) is 31.2 Å². The summed E-state index contributed by atoms with van der Waals surface area (Å²) in [6, 6.07) is 10.8. The van der Waals surface area contributed by atoms with Gasteiger partial charge in [0.25, 0.3) is 0 Å². The molecule has 3 rings (SSSR count). The summed E-state index contributed by atoms with van der Waals surface area (Å²) in [5.41, 5.74) is 2.21. The number of ether oxygens (including phenoxy) is 1. The lowest BCUT2D eigenvalue weighted by Crippen LogP contribution is -2.14. The molecule has 1 aromatic heterocycles. The van der Waals surface area contributed by atoms with Crippen LogP contribution < -0.4 is 5.32 Å². The normalized spacial score (nSPS) is 13.3. The molecule has 1 aliphatic rings. The van der Waals surface area contributed by atoms with Gasteiger partial charge in [0.2, 0.25) is 5.91 Å². The van der Waals surface area contributed by atoms with Gasteiger partial charge < -0.3 is 10.1 Å². The number of nitrogens with zero attached hydrogens (tertiary/aromatic N) is 1. The van der Waals surface area contributed by atoms with E-state index in [9.17, 15) is 9.59 Å². The number of hydrogen-bond acceptors (Lipinski definition) is 4. The van der Waals surface area contributed by atoms with Crippen molar-refractivity contribution in [3.8, 4) is 0 Å². The Morgan fingerprint density at radius 2 is 2.08 bits per heavy atom. The summed E-state index contributed by atoms with van der Waals surface area (Å²) in [7, 11) is 0. The monoisotopic (exact) mass is 324 g/mol. The van der Waals surface area contributed by atoms with E-state index < -0.39 is 0 Å². The number of esters is 1. The first-order valence-electron chi connectivity index (χ1n) is 8.19. The molecule has 1 fully saturated rings. The van der Waals surface area contributed by atoms with Gasteiger partial charge in [0, 0.05) is 24.0 Å². The van der Waals surface area contributed by atoms with Gasteiger partial charge in [-0.25, -0.2) is 4.79 Å². The first-order valence-corrected chi connectivity index (χ1v) is 8.19. The molecule has 5 heteroatoms. The predicted octanol–water partition coefficient (Wildman–Crippen LogP) is 3.22. The van der Waals surface area contributed by atoms with Gasteiger partial charge in [-0.2, -0.15) is 0 Å². The number of amides is 1. The molecule has 1 aromatic carbocycles. The molecule has 0 aliphatic heterocycles. The van der Waals surface area contributed by atoms with Crippen molar-refractivity contribution in [1.82, 2.24) is 4.98 Å². The van der Waals surface area contributed by atoms with Crippen LogP contribution in [-0.2, 0) is 16.0 Å². The van der Waals surface area contributed by atoms with E-state index in [0.29, 0.717) is 17.9 Å². The number of carbonyl (C=O) groups excluding carboxylic acids is 2. The summed E-state index contributed by atoms with van der Waals surface area (Å²) in [4.78, 5) is 27.9. The highest BCUT2D eigenvalue weighted by Gasteiger charge is 2.29. The zero-order chi connectivity index (χ0) is 16.8. The maximum Gasteiger partial charge on any atom is 0.338 e. The maximum absolute atomic E-state index is 12.1. The Balaban J connectivity index is 1.46. The van der Waals surface area contributed by atoms with Gasteiger partial charge in [-0.3, -0.25) is 9.78 Å². The molecule has 0 saturated heterocycles. The third-order valence-electron chi connectivity index (χ3n) is 3.88. The summed E-state index contributed by atoms with van der Waals surface area (Å²) in [5.74, 6) is -0.214. The molecule has 1 amide bonds. The third kappa shape index (κ3) is 4.65. The number of hydrogen-bond donors (Lipinski definition) is 1. The van der Waals surface area contributed by atoms with Gasteiger partial charge in [-0.1, -0.05) is 12.1 Å². The Bertz CT molecular complexity index is 712.